The van der Waals surface area contributed by atoms with Crippen LogP contribution in [-0.2, 0) is 15.2 Å². The van der Waals surface area contributed by atoms with Gasteiger partial charge in [-0.05, 0) is 38.0 Å². The molecule has 0 aliphatic carbocycles. The Labute approximate surface area is 164 Å². The quantitative estimate of drug-likeness (QED) is 0.284. The van der Waals surface area contributed by atoms with Gasteiger partial charge in [0.15, 0.2) is 8.38 Å². The standard InChI is InChI=1S/C15H24NO2P.C5H12.C2H6/c1-4-7-12-16-15-10-8-14(9-11-15)13-19(17-5-2)18-6-3;1-3-5-4-2;1-2/h8-12H,4-7,13H2,1-3H3;3-5H2,1-2H3;1-2H3. The van der Waals surface area contributed by atoms with Gasteiger partial charge in [-0.3, -0.25) is 4.99 Å². The van der Waals surface area contributed by atoms with E-state index >= 15 is 0 Å². The Hall–Kier alpha value is -0.760. The predicted molar refractivity (Wildman–Crippen MR) is 120 cm³/mol. The maximum Gasteiger partial charge on any atom is 0.175 e. The van der Waals surface area contributed by atoms with Gasteiger partial charge >= 0.3 is 0 Å². The molecule has 0 bridgehead atoms. The van der Waals surface area contributed by atoms with Crippen LogP contribution in [0, 0.1) is 0 Å². The first-order chi connectivity index (χ1) is 12.7. The number of hydrogen-bond donors (Lipinski definition) is 0. The normalized spacial score (nSPS) is 10.3. The molecule has 152 valence electrons. The third-order valence-electron chi connectivity index (χ3n) is 3.16. The molecule has 4 heteroatoms. The monoisotopic (exact) mass is 383 g/mol. The molecule has 26 heavy (non-hydrogen) atoms. The van der Waals surface area contributed by atoms with E-state index in [1.165, 1.54) is 24.8 Å². The zero-order valence-corrected chi connectivity index (χ0v) is 19.1. The SMILES string of the molecule is CC.CCCC=Nc1ccc(CP(OCC)OCC)cc1.CCCCC. The summed E-state index contributed by atoms with van der Waals surface area (Å²) in [7, 11) is -0.799. The number of hydrogen-bond acceptors (Lipinski definition) is 3. The Balaban J connectivity index is 0. The van der Waals surface area contributed by atoms with E-state index in [9.17, 15) is 0 Å². The van der Waals surface area contributed by atoms with E-state index in [0.29, 0.717) is 13.2 Å². The van der Waals surface area contributed by atoms with E-state index in [0.717, 1.165) is 24.7 Å². The van der Waals surface area contributed by atoms with Crippen molar-refractivity contribution in [3.05, 3.63) is 29.8 Å². The largest absolute Gasteiger partial charge is 0.334 e. The fraction of sp³-hybridized carbons (Fsp3) is 0.682. The third-order valence-corrected chi connectivity index (χ3v) is 4.88. The van der Waals surface area contributed by atoms with Gasteiger partial charge < -0.3 is 9.05 Å². The molecule has 0 heterocycles. The van der Waals surface area contributed by atoms with Crippen LogP contribution in [0.25, 0.3) is 0 Å². The minimum absolute atomic E-state index is 0.700. The van der Waals surface area contributed by atoms with Crippen molar-refractivity contribution in [1.29, 1.82) is 0 Å². The van der Waals surface area contributed by atoms with Gasteiger partial charge in [-0.25, -0.2) is 0 Å². The van der Waals surface area contributed by atoms with Crippen molar-refractivity contribution in [1.82, 2.24) is 0 Å². The topological polar surface area (TPSA) is 30.8 Å². The number of aliphatic imine (C=N–C) groups is 1. The third kappa shape index (κ3) is 16.7. The number of benzene rings is 1. The molecular weight excluding hydrogens is 341 g/mol. The smallest absolute Gasteiger partial charge is 0.175 e. The van der Waals surface area contributed by atoms with Crippen LogP contribution < -0.4 is 0 Å². The molecule has 0 atom stereocenters. The Morgan fingerprint density at radius 1 is 0.846 bits per heavy atom. The summed E-state index contributed by atoms with van der Waals surface area (Å²) >= 11 is 0. The van der Waals surface area contributed by atoms with Gasteiger partial charge in [-0.2, -0.15) is 0 Å². The summed E-state index contributed by atoms with van der Waals surface area (Å²) in [5.41, 5.74) is 2.25. The zero-order valence-electron chi connectivity index (χ0n) is 18.3. The van der Waals surface area contributed by atoms with Crippen LogP contribution >= 0.6 is 8.38 Å². The van der Waals surface area contributed by atoms with Crippen molar-refractivity contribution in [2.75, 3.05) is 13.2 Å². The molecule has 0 saturated heterocycles. The molecule has 1 aromatic carbocycles. The lowest BCUT2D eigenvalue weighted by molar-refractivity contribution is 0.268. The molecule has 0 unspecified atom stereocenters. The summed E-state index contributed by atoms with van der Waals surface area (Å²) < 4.78 is 11.2. The van der Waals surface area contributed by atoms with Crippen molar-refractivity contribution >= 4 is 20.3 Å². The molecule has 1 aromatic rings. The van der Waals surface area contributed by atoms with E-state index < -0.39 is 8.38 Å². The summed E-state index contributed by atoms with van der Waals surface area (Å²) in [6, 6.07) is 8.30. The first kappa shape index (κ1) is 27.5. The molecular formula is C22H42NO2P. The number of rotatable bonds is 11. The Morgan fingerprint density at radius 2 is 1.38 bits per heavy atom. The van der Waals surface area contributed by atoms with Gasteiger partial charge in [0.05, 0.1) is 18.9 Å². The van der Waals surface area contributed by atoms with E-state index in [1.807, 2.05) is 46.0 Å². The molecule has 0 N–H and O–H groups in total. The second-order valence-corrected chi connectivity index (χ2v) is 6.94. The van der Waals surface area contributed by atoms with Crippen molar-refractivity contribution in [2.24, 2.45) is 4.99 Å². The molecule has 0 saturated carbocycles. The maximum atomic E-state index is 5.61. The van der Waals surface area contributed by atoms with Gasteiger partial charge in [0.25, 0.3) is 0 Å². The highest BCUT2D eigenvalue weighted by Crippen LogP contribution is 2.41. The van der Waals surface area contributed by atoms with Crippen molar-refractivity contribution < 1.29 is 9.05 Å². The molecule has 0 aromatic heterocycles. The minimum atomic E-state index is -0.799. The molecule has 0 fully saturated rings. The van der Waals surface area contributed by atoms with Crippen LogP contribution in [-0.4, -0.2) is 19.4 Å². The van der Waals surface area contributed by atoms with Crippen LogP contribution in [0.5, 0.6) is 0 Å². The lowest BCUT2D eigenvalue weighted by atomic mass is 10.2. The van der Waals surface area contributed by atoms with E-state index in [4.69, 9.17) is 9.05 Å². The first-order valence-electron chi connectivity index (χ1n) is 10.4. The van der Waals surface area contributed by atoms with Gasteiger partial charge in [0.2, 0.25) is 0 Å². The Kier molecular flexibility index (Phi) is 23.5. The summed E-state index contributed by atoms with van der Waals surface area (Å²) in [5, 5.41) is 0. The zero-order chi connectivity index (χ0) is 20.0. The first-order valence-corrected chi connectivity index (χ1v) is 11.7. The number of unbranched alkanes of at least 4 members (excludes halogenated alkanes) is 3. The van der Waals surface area contributed by atoms with E-state index in [2.05, 4.69) is 37.9 Å². The van der Waals surface area contributed by atoms with Crippen molar-refractivity contribution in [3.63, 3.8) is 0 Å². The fourth-order valence-corrected chi connectivity index (χ4v) is 3.25. The second kappa shape index (κ2) is 22.3. The highest BCUT2D eigenvalue weighted by atomic mass is 31.2. The molecule has 0 aliphatic heterocycles. The van der Waals surface area contributed by atoms with E-state index in [1.54, 1.807) is 0 Å². The van der Waals surface area contributed by atoms with Crippen LogP contribution in [0.1, 0.15) is 86.1 Å². The summed E-state index contributed by atoms with van der Waals surface area (Å²) in [5.74, 6) is 0. The van der Waals surface area contributed by atoms with Gasteiger partial charge in [-0.1, -0.05) is 72.4 Å². The molecule has 0 amide bonds. The molecule has 1 rings (SSSR count). The Bertz CT molecular complexity index is 399. The van der Waals surface area contributed by atoms with Gasteiger partial charge in [-0.15, -0.1) is 0 Å². The molecule has 0 aliphatic rings. The highest BCUT2D eigenvalue weighted by Gasteiger charge is 2.09. The predicted octanol–water partition coefficient (Wildman–Crippen LogP) is 8.30. The Morgan fingerprint density at radius 3 is 1.77 bits per heavy atom. The van der Waals surface area contributed by atoms with Gasteiger partial charge in [0, 0.05) is 12.4 Å². The lowest BCUT2D eigenvalue weighted by Gasteiger charge is -2.15. The van der Waals surface area contributed by atoms with Crippen LogP contribution in [0.15, 0.2) is 29.3 Å². The van der Waals surface area contributed by atoms with E-state index in [-0.39, 0.29) is 0 Å². The summed E-state index contributed by atoms with van der Waals surface area (Å²) in [6.45, 7) is 16.0. The van der Waals surface area contributed by atoms with Crippen LogP contribution in [0.4, 0.5) is 5.69 Å². The second-order valence-electron chi connectivity index (χ2n) is 5.45. The average molecular weight is 384 g/mol. The molecule has 3 nitrogen and oxygen atoms in total. The van der Waals surface area contributed by atoms with Crippen molar-refractivity contribution in [2.45, 2.75) is 86.7 Å². The summed E-state index contributed by atoms with van der Waals surface area (Å²) in [4.78, 5) is 4.41. The molecule has 0 spiro atoms. The lowest BCUT2D eigenvalue weighted by Crippen LogP contribution is -1.94. The number of nitrogens with zero attached hydrogens (tertiary/aromatic N) is 1. The minimum Gasteiger partial charge on any atom is -0.334 e. The van der Waals surface area contributed by atoms with Crippen LogP contribution in [0.3, 0.4) is 0 Å². The highest BCUT2D eigenvalue weighted by molar-refractivity contribution is 7.46. The summed E-state index contributed by atoms with van der Waals surface area (Å²) in [6.07, 6.45) is 9.06. The van der Waals surface area contributed by atoms with Crippen LogP contribution in [0.2, 0.25) is 0 Å². The maximum absolute atomic E-state index is 5.61. The fourth-order valence-electron chi connectivity index (χ4n) is 1.91. The van der Waals surface area contributed by atoms with Crippen molar-refractivity contribution in [3.8, 4) is 0 Å². The van der Waals surface area contributed by atoms with Gasteiger partial charge in [0.1, 0.15) is 0 Å². The average Bonchev–Trinajstić information content (AvgIpc) is 2.67. The molecule has 0 radical (unpaired) electrons.